The quantitative estimate of drug-likeness (QED) is 0.880. The smallest absolute Gasteiger partial charge is 0.371 e. The molecule has 0 bridgehead atoms. The molecule has 0 unspecified atom stereocenters. The van der Waals surface area contributed by atoms with Crippen LogP contribution in [0.4, 0.5) is 0 Å². The first kappa shape index (κ1) is 12.0. The van der Waals surface area contributed by atoms with E-state index in [1.165, 1.54) is 6.07 Å². The lowest BCUT2D eigenvalue weighted by Gasteiger charge is -2.05. The van der Waals surface area contributed by atoms with Crippen LogP contribution in [-0.4, -0.2) is 18.2 Å². The fourth-order valence-corrected chi connectivity index (χ4v) is 1.40. The van der Waals surface area contributed by atoms with Crippen LogP contribution < -0.4 is 9.47 Å². The van der Waals surface area contributed by atoms with Gasteiger partial charge in [0.2, 0.25) is 5.76 Å². The van der Waals surface area contributed by atoms with Crippen molar-refractivity contribution in [2.75, 3.05) is 7.11 Å². The van der Waals surface area contributed by atoms with Crippen molar-refractivity contribution >= 4 is 5.97 Å². The minimum atomic E-state index is -1.09. The lowest BCUT2D eigenvalue weighted by Crippen LogP contribution is -1.95. The number of methoxy groups -OCH3 is 1. The summed E-state index contributed by atoms with van der Waals surface area (Å²) in [7, 11) is 1.59. The van der Waals surface area contributed by atoms with Crippen LogP contribution in [0.2, 0.25) is 0 Å². The van der Waals surface area contributed by atoms with Gasteiger partial charge in [0.05, 0.1) is 7.11 Å². The minimum Gasteiger partial charge on any atom is -0.497 e. The maximum absolute atomic E-state index is 10.6. The van der Waals surface area contributed by atoms with Gasteiger partial charge in [0.1, 0.15) is 23.9 Å². The molecule has 5 heteroatoms. The van der Waals surface area contributed by atoms with Crippen LogP contribution in [0, 0.1) is 0 Å². The number of carboxylic acid groups (broad SMARTS) is 1. The first-order valence-electron chi connectivity index (χ1n) is 5.28. The van der Waals surface area contributed by atoms with Gasteiger partial charge in [0.25, 0.3) is 0 Å². The largest absolute Gasteiger partial charge is 0.497 e. The zero-order valence-electron chi connectivity index (χ0n) is 9.75. The number of carbonyl (C=O) groups is 1. The maximum atomic E-state index is 10.6. The van der Waals surface area contributed by atoms with Crippen molar-refractivity contribution in [3.05, 3.63) is 47.9 Å². The van der Waals surface area contributed by atoms with E-state index in [9.17, 15) is 4.79 Å². The van der Waals surface area contributed by atoms with E-state index in [2.05, 4.69) is 0 Å². The highest BCUT2D eigenvalue weighted by Gasteiger charge is 2.09. The van der Waals surface area contributed by atoms with Crippen LogP contribution in [0.5, 0.6) is 11.5 Å². The van der Waals surface area contributed by atoms with Crippen molar-refractivity contribution in [2.45, 2.75) is 6.61 Å². The van der Waals surface area contributed by atoms with E-state index in [1.807, 2.05) is 0 Å². The van der Waals surface area contributed by atoms with E-state index in [-0.39, 0.29) is 12.4 Å². The van der Waals surface area contributed by atoms with Gasteiger partial charge in [-0.3, -0.25) is 0 Å². The molecule has 18 heavy (non-hydrogen) atoms. The number of hydrogen-bond acceptors (Lipinski definition) is 4. The molecule has 5 nitrogen and oxygen atoms in total. The molecule has 94 valence electrons. The van der Waals surface area contributed by atoms with Gasteiger partial charge < -0.3 is 19.0 Å². The predicted octanol–water partition coefficient (Wildman–Crippen LogP) is 2.57. The van der Waals surface area contributed by atoms with Crippen LogP contribution >= 0.6 is 0 Å². The van der Waals surface area contributed by atoms with Gasteiger partial charge in [-0.1, -0.05) is 0 Å². The van der Waals surface area contributed by atoms with Gasteiger partial charge in [-0.25, -0.2) is 4.79 Å². The SMILES string of the molecule is COc1ccc(OCc2ccc(C(=O)O)o2)cc1. The third-order valence-electron chi connectivity index (χ3n) is 2.31. The predicted molar refractivity (Wildman–Crippen MR) is 63.0 cm³/mol. The Morgan fingerprint density at radius 2 is 1.83 bits per heavy atom. The lowest BCUT2D eigenvalue weighted by molar-refractivity contribution is 0.0658. The van der Waals surface area contributed by atoms with Crippen molar-refractivity contribution in [1.82, 2.24) is 0 Å². The number of ether oxygens (including phenoxy) is 2. The highest BCUT2D eigenvalue weighted by molar-refractivity contribution is 5.84. The lowest BCUT2D eigenvalue weighted by atomic mass is 10.3. The second kappa shape index (κ2) is 5.27. The maximum Gasteiger partial charge on any atom is 0.371 e. The number of rotatable bonds is 5. The van der Waals surface area contributed by atoms with Crippen LogP contribution in [-0.2, 0) is 6.61 Å². The molecule has 0 aliphatic rings. The van der Waals surface area contributed by atoms with E-state index in [0.29, 0.717) is 11.5 Å². The molecule has 1 heterocycles. The van der Waals surface area contributed by atoms with Crippen molar-refractivity contribution < 1.29 is 23.8 Å². The third-order valence-corrected chi connectivity index (χ3v) is 2.31. The van der Waals surface area contributed by atoms with Crippen molar-refractivity contribution in [3.63, 3.8) is 0 Å². The van der Waals surface area contributed by atoms with Gasteiger partial charge in [-0.05, 0) is 36.4 Å². The first-order chi connectivity index (χ1) is 8.69. The molecule has 1 aromatic carbocycles. The van der Waals surface area contributed by atoms with Gasteiger partial charge in [-0.2, -0.15) is 0 Å². The Bertz CT molecular complexity index is 527. The van der Waals surface area contributed by atoms with Gasteiger partial charge in [-0.15, -0.1) is 0 Å². The topological polar surface area (TPSA) is 68.9 Å². The zero-order chi connectivity index (χ0) is 13.0. The highest BCUT2D eigenvalue weighted by atomic mass is 16.5. The molecule has 0 fully saturated rings. The van der Waals surface area contributed by atoms with Crippen LogP contribution in [0.15, 0.2) is 40.8 Å². The highest BCUT2D eigenvalue weighted by Crippen LogP contribution is 2.18. The van der Waals surface area contributed by atoms with E-state index in [1.54, 1.807) is 37.4 Å². The molecular formula is C13H12O5. The summed E-state index contributed by atoms with van der Waals surface area (Å²) in [5.74, 6) is 0.676. The third kappa shape index (κ3) is 2.82. The van der Waals surface area contributed by atoms with Gasteiger partial charge >= 0.3 is 5.97 Å². The van der Waals surface area contributed by atoms with Crippen molar-refractivity contribution in [3.8, 4) is 11.5 Å². The molecule has 1 aromatic heterocycles. The molecule has 2 rings (SSSR count). The number of benzene rings is 1. The van der Waals surface area contributed by atoms with Crippen molar-refractivity contribution in [2.24, 2.45) is 0 Å². The summed E-state index contributed by atoms with van der Waals surface area (Å²) < 4.78 is 15.5. The summed E-state index contributed by atoms with van der Waals surface area (Å²) in [4.78, 5) is 10.6. The van der Waals surface area contributed by atoms with Gasteiger partial charge in [0, 0.05) is 0 Å². The number of hydrogen-bond donors (Lipinski definition) is 1. The molecule has 0 aliphatic heterocycles. The first-order valence-corrected chi connectivity index (χ1v) is 5.28. The molecule has 0 saturated heterocycles. The fourth-order valence-electron chi connectivity index (χ4n) is 1.40. The molecule has 0 atom stereocenters. The summed E-state index contributed by atoms with van der Waals surface area (Å²) in [5.41, 5.74) is 0. The van der Waals surface area contributed by atoms with E-state index in [4.69, 9.17) is 19.0 Å². The minimum absolute atomic E-state index is 0.0941. The Balaban J connectivity index is 1.95. The average molecular weight is 248 g/mol. The molecule has 0 spiro atoms. The molecule has 0 amide bonds. The summed E-state index contributed by atoms with van der Waals surface area (Å²) in [5, 5.41) is 8.69. The Morgan fingerprint density at radius 1 is 1.17 bits per heavy atom. The Hall–Kier alpha value is -2.43. The summed E-state index contributed by atoms with van der Waals surface area (Å²) in [6.45, 7) is 0.180. The second-order valence-corrected chi connectivity index (χ2v) is 3.54. The van der Waals surface area contributed by atoms with Crippen LogP contribution in [0.25, 0.3) is 0 Å². The van der Waals surface area contributed by atoms with E-state index >= 15 is 0 Å². The molecule has 1 N–H and O–H groups in total. The average Bonchev–Trinajstić information content (AvgIpc) is 2.86. The summed E-state index contributed by atoms with van der Waals surface area (Å²) >= 11 is 0. The number of furan rings is 1. The second-order valence-electron chi connectivity index (χ2n) is 3.54. The van der Waals surface area contributed by atoms with Crippen molar-refractivity contribution in [1.29, 1.82) is 0 Å². The number of carboxylic acids is 1. The number of aromatic carboxylic acids is 1. The molecule has 0 aliphatic carbocycles. The Kier molecular flexibility index (Phi) is 3.52. The molecule has 0 saturated carbocycles. The molecule has 0 radical (unpaired) electrons. The van der Waals surface area contributed by atoms with E-state index in [0.717, 1.165) is 5.75 Å². The Labute approximate surface area is 104 Å². The van der Waals surface area contributed by atoms with Gasteiger partial charge in [0.15, 0.2) is 0 Å². The van der Waals surface area contributed by atoms with Crippen LogP contribution in [0.1, 0.15) is 16.3 Å². The molecule has 2 aromatic rings. The molecular weight excluding hydrogens is 236 g/mol. The standard InChI is InChI=1S/C13H12O5/c1-16-9-2-4-10(5-3-9)17-8-11-6-7-12(18-11)13(14)15/h2-7H,8H2,1H3,(H,14,15). The van der Waals surface area contributed by atoms with E-state index < -0.39 is 5.97 Å². The normalized spacial score (nSPS) is 10.1. The monoisotopic (exact) mass is 248 g/mol. The summed E-state index contributed by atoms with van der Waals surface area (Å²) in [6, 6.07) is 10.1. The zero-order valence-corrected chi connectivity index (χ0v) is 9.75. The Morgan fingerprint density at radius 3 is 2.39 bits per heavy atom. The fraction of sp³-hybridized carbons (Fsp3) is 0.154. The van der Waals surface area contributed by atoms with Crippen LogP contribution in [0.3, 0.4) is 0 Å². The summed E-state index contributed by atoms with van der Waals surface area (Å²) in [6.07, 6.45) is 0.